The van der Waals surface area contributed by atoms with E-state index in [4.69, 9.17) is 4.74 Å². The number of hydrogen-bond acceptors (Lipinski definition) is 3. The second-order valence-corrected chi connectivity index (χ2v) is 6.40. The molecule has 5 heteroatoms. The summed E-state index contributed by atoms with van der Waals surface area (Å²) in [5.41, 5.74) is 0.185. The van der Waals surface area contributed by atoms with Crippen LogP contribution < -0.4 is 4.74 Å². The number of thiophene rings is 1. The smallest absolute Gasteiger partial charge is 0.339 e. The first-order valence-corrected chi connectivity index (χ1v) is 7.93. The molecule has 0 aliphatic carbocycles. The molecular formula is C16H11BrO3S. The zero-order valence-corrected chi connectivity index (χ0v) is 13.3. The van der Waals surface area contributed by atoms with Gasteiger partial charge in [-0.25, -0.2) is 4.79 Å². The fraction of sp³-hybridized carbons (Fsp3) is 0.0625. The highest BCUT2D eigenvalue weighted by molar-refractivity contribution is 9.10. The van der Waals surface area contributed by atoms with Crippen molar-refractivity contribution in [1.29, 1.82) is 0 Å². The summed E-state index contributed by atoms with van der Waals surface area (Å²) in [5.74, 6) is -0.562. The van der Waals surface area contributed by atoms with Crippen molar-refractivity contribution in [3.63, 3.8) is 0 Å². The van der Waals surface area contributed by atoms with Crippen LogP contribution in [0.25, 0.3) is 10.8 Å². The van der Waals surface area contributed by atoms with Gasteiger partial charge in [0.25, 0.3) is 0 Å². The van der Waals surface area contributed by atoms with Gasteiger partial charge in [-0.05, 0) is 33.4 Å². The summed E-state index contributed by atoms with van der Waals surface area (Å²) in [6.07, 6.45) is 0. The van der Waals surface area contributed by atoms with Crippen LogP contribution in [0.3, 0.4) is 0 Å². The molecule has 21 heavy (non-hydrogen) atoms. The molecule has 0 unspecified atom stereocenters. The van der Waals surface area contributed by atoms with Crippen LogP contribution in [0.2, 0.25) is 0 Å². The zero-order chi connectivity index (χ0) is 14.8. The molecule has 0 radical (unpaired) electrons. The van der Waals surface area contributed by atoms with Gasteiger partial charge in [-0.2, -0.15) is 0 Å². The topological polar surface area (TPSA) is 46.5 Å². The number of halogens is 1. The largest absolute Gasteiger partial charge is 0.487 e. The SMILES string of the molecule is O=C(O)c1ccc2ccccc2c1OCc1cc(Br)cs1. The Morgan fingerprint density at radius 3 is 2.76 bits per heavy atom. The minimum atomic E-state index is -0.983. The molecule has 0 spiro atoms. The number of aromatic carboxylic acids is 1. The van der Waals surface area contributed by atoms with Crippen molar-refractivity contribution in [1.82, 2.24) is 0 Å². The van der Waals surface area contributed by atoms with Crippen molar-refractivity contribution >= 4 is 44.0 Å². The van der Waals surface area contributed by atoms with E-state index in [2.05, 4.69) is 15.9 Å². The third-order valence-electron chi connectivity index (χ3n) is 3.09. The Morgan fingerprint density at radius 1 is 1.24 bits per heavy atom. The average Bonchev–Trinajstić information content (AvgIpc) is 2.90. The number of carboxylic acids is 1. The summed E-state index contributed by atoms with van der Waals surface area (Å²) in [6.45, 7) is 0.352. The maximum absolute atomic E-state index is 11.4. The third-order valence-corrected chi connectivity index (χ3v) is 4.76. The Kier molecular flexibility index (Phi) is 3.94. The molecule has 3 rings (SSSR count). The zero-order valence-electron chi connectivity index (χ0n) is 10.9. The molecule has 0 aliphatic rings. The van der Waals surface area contributed by atoms with E-state index in [0.29, 0.717) is 12.4 Å². The Bertz CT molecular complexity index is 810. The lowest BCUT2D eigenvalue weighted by molar-refractivity contribution is 0.0692. The summed E-state index contributed by atoms with van der Waals surface area (Å²) < 4.78 is 6.82. The van der Waals surface area contributed by atoms with Crippen LogP contribution in [0.1, 0.15) is 15.2 Å². The van der Waals surface area contributed by atoms with E-state index < -0.39 is 5.97 Å². The highest BCUT2D eigenvalue weighted by Gasteiger charge is 2.15. The molecule has 0 saturated heterocycles. The second-order valence-electron chi connectivity index (χ2n) is 4.49. The highest BCUT2D eigenvalue weighted by Crippen LogP contribution is 2.31. The van der Waals surface area contributed by atoms with Crippen LogP contribution in [0, 0.1) is 0 Å². The molecule has 1 N–H and O–H groups in total. The molecule has 0 fully saturated rings. The predicted octanol–water partition coefficient (Wildman–Crippen LogP) is 4.94. The van der Waals surface area contributed by atoms with Crippen LogP contribution in [-0.2, 0) is 6.61 Å². The molecule has 2 aromatic carbocycles. The molecule has 1 heterocycles. The summed E-state index contributed by atoms with van der Waals surface area (Å²) in [4.78, 5) is 12.4. The summed E-state index contributed by atoms with van der Waals surface area (Å²) in [6, 6.07) is 13.0. The predicted molar refractivity (Wildman–Crippen MR) is 87.3 cm³/mol. The fourth-order valence-electron chi connectivity index (χ4n) is 2.14. The quantitative estimate of drug-likeness (QED) is 0.714. The lowest BCUT2D eigenvalue weighted by atomic mass is 10.1. The van der Waals surface area contributed by atoms with Crippen molar-refractivity contribution < 1.29 is 14.6 Å². The third kappa shape index (κ3) is 2.94. The number of carboxylic acid groups (broad SMARTS) is 1. The lowest BCUT2D eigenvalue weighted by Crippen LogP contribution is -2.03. The van der Waals surface area contributed by atoms with E-state index in [1.165, 1.54) is 0 Å². The molecule has 3 aromatic rings. The molecule has 0 amide bonds. The van der Waals surface area contributed by atoms with Crippen molar-refractivity contribution in [2.75, 3.05) is 0 Å². The van der Waals surface area contributed by atoms with Crippen molar-refractivity contribution in [3.05, 3.63) is 62.8 Å². The van der Waals surface area contributed by atoms with Gasteiger partial charge >= 0.3 is 5.97 Å². The summed E-state index contributed by atoms with van der Waals surface area (Å²) in [5, 5.41) is 13.1. The Hall–Kier alpha value is -1.85. The number of benzene rings is 2. The lowest BCUT2D eigenvalue weighted by Gasteiger charge is -2.11. The first-order chi connectivity index (χ1) is 10.1. The van der Waals surface area contributed by atoms with E-state index in [0.717, 1.165) is 20.1 Å². The van der Waals surface area contributed by atoms with Crippen LogP contribution in [0.5, 0.6) is 5.75 Å². The van der Waals surface area contributed by atoms with Gasteiger partial charge < -0.3 is 9.84 Å². The maximum atomic E-state index is 11.4. The molecule has 0 atom stereocenters. The fourth-order valence-corrected chi connectivity index (χ4v) is 3.50. The molecular weight excluding hydrogens is 352 g/mol. The van der Waals surface area contributed by atoms with Gasteiger partial charge in [0.1, 0.15) is 17.9 Å². The van der Waals surface area contributed by atoms with Gasteiger partial charge in [-0.1, -0.05) is 30.3 Å². The van der Waals surface area contributed by atoms with Gasteiger partial charge in [-0.15, -0.1) is 11.3 Å². The molecule has 106 valence electrons. The van der Waals surface area contributed by atoms with E-state index in [1.807, 2.05) is 35.7 Å². The Balaban J connectivity index is 2.01. The van der Waals surface area contributed by atoms with Crippen LogP contribution in [-0.4, -0.2) is 11.1 Å². The van der Waals surface area contributed by atoms with Gasteiger partial charge in [0.15, 0.2) is 0 Å². The highest BCUT2D eigenvalue weighted by atomic mass is 79.9. The minimum Gasteiger partial charge on any atom is -0.487 e. The molecule has 0 aliphatic heterocycles. The van der Waals surface area contributed by atoms with E-state index in [-0.39, 0.29) is 5.56 Å². The first-order valence-electron chi connectivity index (χ1n) is 6.26. The van der Waals surface area contributed by atoms with E-state index in [1.54, 1.807) is 23.5 Å². The number of hydrogen-bond donors (Lipinski definition) is 1. The summed E-state index contributed by atoms with van der Waals surface area (Å²) in [7, 11) is 0. The monoisotopic (exact) mass is 362 g/mol. The van der Waals surface area contributed by atoms with Crippen molar-refractivity contribution in [2.24, 2.45) is 0 Å². The first kappa shape index (κ1) is 14.1. The number of fused-ring (bicyclic) bond motifs is 1. The van der Waals surface area contributed by atoms with Crippen LogP contribution in [0.15, 0.2) is 52.3 Å². The van der Waals surface area contributed by atoms with Gasteiger partial charge in [0.05, 0.1) is 0 Å². The molecule has 3 nitrogen and oxygen atoms in total. The normalized spacial score (nSPS) is 10.7. The maximum Gasteiger partial charge on any atom is 0.339 e. The van der Waals surface area contributed by atoms with Crippen molar-refractivity contribution in [2.45, 2.75) is 6.61 Å². The molecule has 0 saturated carbocycles. The van der Waals surface area contributed by atoms with E-state index in [9.17, 15) is 9.90 Å². The van der Waals surface area contributed by atoms with E-state index >= 15 is 0 Å². The van der Waals surface area contributed by atoms with Crippen LogP contribution >= 0.6 is 27.3 Å². The minimum absolute atomic E-state index is 0.185. The standard InChI is InChI=1S/C16H11BrO3S/c17-11-7-12(21-9-11)8-20-15-13-4-2-1-3-10(13)5-6-14(15)16(18)19/h1-7,9H,8H2,(H,18,19). The molecule has 0 bridgehead atoms. The second kappa shape index (κ2) is 5.87. The van der Waals surface area contributed by atoms with Crippen LogP contribution in [0.4, 0.5) is 0 Å². The van der Waals surface area contributed by atoms with Gasteiger partial charge in [0.2, 0.25) is 0 Å². The molecule has 1 aromatic heterocycles. The number of ether oxygens (including phenoxy) is 1. The Morgan fingerprint density at radius 2 is 2.05 bits per heavy atom. The number of carbonyl (C=O) groups is 1. The van der Waals surface area contributed by atoms with Gasteiger partial charge in [-0.3, -0.25) is 0 Å². The van der Waals surface area contributed by atoms with Gasteiger partial charge in [0, 0.05) is 20.1 Å². The Labute approximate surface area is 133 Å². The average molecular weight is 363 g/mol. The number of rotatable bonds is 4. The summed E-state index contributed by atoms with van der Waals surface area (Å²) >= 11 is 4.97. The van der Waals surface area contributed by atoms with Crippen molar-refractivity contribution in [3.8, 4) is 5.75 Å².